The average Bonchev–Trinajstić information content (AvgIpc) is 2.68. The van der Waals surface area contributed by atoms with E-state index >= 15 is 0 Å². The normalized spacial score (nSPS) is 34.0. The van der Waals surface area contributed by atoms with E-state index in [0.717, 1.165) is 37.5 Å². The monoisotopic (exact) mass is 340 g/mol. The summed E-state index contributed by atoms with van der Waals surface area (Å²) in [6.45, 7) is 0. The summed E-state index contributed by atoms with van der Waals surface area (Å²) in [6.07, 6.45) is 9.97. The second kappa shape index (κ2) is 7.03. The number of fused-ring (bicyclic) bond motifs is 1. The van der Waals surface area contributed by atoms with E-state index in [2.05, 4.69) is 0 Å². The number of aliphatic hydroxyl groups excluding tert-OH is 1. The van der Waals surface area contributed by atoms with Crippen molar-refractivity contribution < 1.29 is 14.7 Å². The Hall–Kier alpha value is -1.48. The number of hydrogen-bond donors (Lipinski definition) is 1. The number of aliphatic hydroxyl groups is 1. The Bertz CT molecular complexity index is 651. The van der Waals surface area contributed by atoms with Crippen LogP contribution >= 0.6 is 0 Å². The van der Waals surface area contributed by atoms with Crippen molar-refractivity contribution in [3.63, 3.8) is 0 Å². The van der Waals surface area contributed by atoms with E-state index < -0.39 is 12.0 Å². The first-order valence-corrected chi connectivity index (χ1v) is 10.0. The van der Waals surface area contributed by atoms with Gasteiger partial charge >= 0.3 is 0 Å². The highest BCUT2D eigenvalue weighted by molar-refractivity contribution is 6.17. The molecule has 0 bridgehead atoms. The zero-order chi connectivity index (χ0) is 17.4. The van der Waals surface area contributed by atoms with Crippen molar-refractivity contribution in [1.82, 2.24) is 0 Å². The van der Waals surface area contributed by atoms with E-state index in [1.807, 2.05) is 0 Å². The highest BCUT2D eigenvalue weighted by atomic mass is 16.3. The van der Waals surface area contributed by atoms with Crippen molar-refractivity contribution in [3.05, 3.63) is 35.4 Å². The molecule has 2 unspecified atom stereocenters. The minimum absolute atomic E-state index is 0.0242. The van der Waals surface area contributed by atoms with Gasteiger partial charge in [0.2, 0.25) is 0 Å². The molecule has 3 aliphatic rings. The first-order valence-electron chi connectivity index (χ1n) is 10.0. The summed E-state index contributed by atoms with van der Waals surface area (Å²) >= 11 is 0. The smallest absolute Gasteiger partial charge is 0.192 e. The van der Waals surface area contributed by atoms with E-state index in [1.165, 1.54) is 32.1 Å². The maximum atomic E-state index is 12.9. The van der Waals surface area contributed by atoms with Crippen LogP contribution in [0.2, 0.25) is 0 Å². The topological polar surface area (TPSA) is 54.4 Å². The number of carbonyl (C=O) groups excluding carboxylic acids is 2. The summed E-state index contributed by atoms with van der Waals surface area (Å²) in [5.41, 5.74) is 0.907. The van der Waals surface area contributed by atoms with Gasteiger partial charge in [0.15, 0.2) is 11.6 Å². The van der Waals surface area contributed by atoms with Gasteiger partial charge in [-0.25, -0.2) is 0 Å². The van der Waals surface area contributed by atoms with Crippen LogP contribution in [0.4, 0.5) is 0 Å². The maximum absolute atomic E-state index is 12.9. The summed E-state index contributed by atoms with van der Waals surface area (Å²) in [5.74, 6) is 0.979. The van der Waals surface area contributed by atoms with Gasteiger partial charge in [0.1, 0.15) is 6.10 Å². The minimum Gasteiger partial charge on any atom is -0.384 e. The molecule has 0 radical (unpaired) electrons. The second-order valence-corrected chi connectivity index (χ2v) is 8.32. The fourth-order valence-corrected chi connectivity index (χ4v) is 5.61. The number of benzene rings is 1. The molecule has 2 atom stereocenters. The fourth-order valence-electron chi connectivity index (χ4n) is 5.61. The molecule has 2 fully saturated rings. The predicted octanol–water partition coefficient (Wildman–Crippen LogP) is 4.43. The quantitative estimate of drug-likeness (QED) is 0.866. The highest BCUT2D eigenvalue weighted by Crippen LogP contribution is 2.44. The van der Waals surface area contributed by atoms with Crippen molar-refractivity contribution in [2.75, 3.05) is 0 Å². The molecule has 25 heavy (non-hydrogen) atoms. The van der Waals surface area contributed by atoms with Gasteiger partial charge in [-0.1, -0.05) is 56.4 Å². The largest absolute Gasteiger partial charge is 0.384 e. The van der Waals surface area contributed by atoms with Gasteiger partial charge in [-0.15, -0.1) is 0 Å². The molecule has 0 amide bonds. The molecule has 0 spiro atoms. The molecule has 1 aromatic rings. The lowest BCUT2D eigenvalue weighted by molar-refractivity contribution is 0.0298. The molecular formula is C22H28O3. The van der Waals surface area contributed by atoms with Crippen LogP contribution in [0.3, 0.4) is 0 Å². The molecule has 1 aromatic carbocycles. The lowest BCUT2D eigenvalue weighted by Crippen LogP contribution is -2.45. The Balaban J connectivity index is 1.47. The predicted molar refractivity (Wildman–Crippen MR) is 96.6 cm³/mol. The summed E-state index contributed by atoms with van der Waals surface area (Å²) in [7, 11) is 0. The summed E-state index contributed by atoms with van der Waals surface area (Å²) in [4.78, 5) is 25.5. The van der Waals surface area contributed by atoms with Crippen LogP contribution in [-0.4, -0.2) is 22.8 Å². The van der Waals surface area contributed by atoms with Gasteiger partial charge in [-0.05, 0) is 43.4 Å². The van der Waals surface area contributed by atoms with Crippen LogP contribution in [-0.2, 0) is 0 Å². The molecule has 3 aliphatic carbocycles. The third kappa shape index (κ3) is 3.08. The number of carbonyl (C=O) groups is 2. The molecule has 3 heteroatoms. The fraction of sp³-hybridized carbons (Fsp3) is 0.636. The minimum atomic E-state index is -1.15. The molecule has 3 nitrogen and oxygen atoms in total. The first-order chi connectivity index (χ1) is 12.2. The maximum Gasteiger partial charge on any atom is 0.192 e. The number of Topliss-reactive ketones (excluding diaryl/α,β-unsaturated/α-hetero) is 2. The lowest BCUT2D eigenvalue weighted by atomic mass is 9.65. The Morgan fingerprint density at radius 2 is 1.20 bits per heavy atom. The standard InChI is InChI=1S/C22H28O3/c23-20-17-8-4-5-9-18(17)21(24)22(25)19(20)16-12-10-15(11-13-16)14-6-2-1-3-7-14/h4-5,8-9,14-16,19,22,25H,1-3,6-7,10-13H2. The van der Waals surface area contributed by atoms with Crippen molar-refractivity contribution in [2.24, 2.45) is 23.7 Å². The van der Waals surface area contributed by atoms with Crippen molar-refractivity contribution in [1.29, 1.82) is 0 Å². The van der Waals surface area contributed by atoms with Crippen LogP contribution in [0.25, 0.3) is 0 Å². The SMILES string of the molecule is O=C1c2ccccc2C(=O)C(C2CCC(C3CCCCC3)CC2)C1O. The van der Waals surface area contributed by atoms with Gasteiger partial charge in [0.05, 0.1) is 5.92 Å². The van der Waals surface area contributed by atoms with E-state index in [-0.39, 0.29) is 17.5 Å². The van der Waals surface area contributed by atoms with Crippen LogP contribution in [0.15, 0.2) is 24.3 Å². The van der Waals surface area contributed by atoms with E-state index in [9.17, 15) is 14.7 Å². The van der Waals surface area contributed by atoms with Gasteiger partial charge in [0, 0.05) is 11.1 Å². The van der Waals surface area contributed by atoms with Crippen LogP contribution < -0.4 is 0 Å². The lowest BCUT2D eigenvalue weighted by Gasteiger charge is -2.40. The van der Waals surface area contributed by atoms with E-state index in [0.29, 0.717) is 11.1 Å². The van der Waals surface area contributed by atoms with Gasteiger partial charge in [0.25, 0.3) is 0 Å². The molecule has 134 valence electrons. The Morgan fingerprint density at radius 1 is 0.680 bits per heavy atom. The van der Waals surface area contributed by atoms with Crippen LogP contribution in [0.1, 0.15) is 78.5 Å². The number of rotatable bonds is 2. The van der Waals surface area contributed by atoms with Crippen molar-refractivity contribution in [3.8, 4) is 0 Å². The summed E-state index contributed by atoms with van der Waals surface area (Å²) in [6, 6.07) is 6.96. The van der Waals surface area contributed by atoms with Gasteiger partial charge < -0.3 is 5.11 Å². The van der Waals surface area contributed by atoms with Gasteiger partial charge in [-0.3, -0.25) is 9.59 Å². The summed E-state index contributed by atoms with van der Waals surface area (Å²) in [5, 5.41) is 10.6. The third-order valence-corrected chi connectivity index (χ3v) is 7.01. The molecule has 0 heterocycles. The van der Waals surface area contributed by atoms with Crippen LogP contribution in [0.5, 0.6) is 0 Å². The highest BCUT2D eigenvalue weighted by Gasteiger charge is 2.45. The molecule has 0 aliphatic heterocycles. The van der Waals surface area contributed by atoms with E-state index in [4.69, 9.17) is 0 Å². The van der Waals surface area contributed by atoms with Crippen molar-refractivity contribution in [2.45, 2.75) is 63.9 Å². The molecule has 0 saturated heterocycles. The summed E-state index contributed by atoms with van der Waals surface area (Å²) < 4.78 is 0. The molecule has 2 saturated carbocycles. The third-order valence-electron chi connectivity index (χ3n) is 7.01. The average molecular weight is 340 g/mol. The Morgan fingerprint density at radius 3 is 1.84 bits per heavy atom. The molecule has 0 aromatic heterocycles. The molecule has 1 N–H and O–H groups in total. The zero-order valence-electron chi connectivity index (χ0n) is 14.8. The zero-order valence-corrected chi connectivity index (χ0v) is 14.8. The molecule has 4 rings (SSSR count). The Kier molecular flexibility index (Phi) is 4.77. The molecular weight excluding hydrogens is 312 g/mol. The number of ketones is 2. The Labute approximate surface area is 149 Å². The second-order valence-electron chi connectivity index (χ2n) is 8.32. The van der Waals surface area contributed by atoms with Crippen LogP contribution in [0, 0.1) is 23.7 Å². The van der Waals surface area contributed by atoms with Gasteiger partial charge in [-0.2, -0.15) is 0 Å². The van der Waals surface area contributed by atoms with Crippen molar-refractivity contribution >= 4 is 11.6 Å². The first kappa shape index (κ1) is 17.0. The number of hydrogen-bond acceptors (Lipinski definition) is 3. The van der Waals surface area contributed by atoms with E-state index in [1.54, 1.807) is 24.3 Å².